The highest BCUT2D eigenvalue weighted by Gasteiger charge is 2.26. The quantitative estimate of drug-likeness (QED) is 0.349. The molecule has 1 aromatic heterocycles. The summed E-state index contributed by atoms with van der Waals surface area (Å²) in [4.78, 5) is 11.6. The van der Waals surface area contributed by atoms with Crippen LogP contribution in [0.3, 0.4) is 0 Å². The molecular weight excluding hydrogens is 279 g/mol. The number of nitrogens with zero attached hydrogens (tertiary/aromatic N) is 2. The fourth-order valence-corrected chi connectivity index (χ4v) is 1.85. The zero-order valence-electron chi connectivity index (χ0n) is 11.1. The van der Waals surface area contributed by atoms with Gasteiger partial charge in [-0.3, -0.25) is 0 Å². The summed E-state index contributed by atoms with van der Waals surface area (Å²) in [6, 6.07) is 7.84. The molecule has 1 aromatic carbocycles. The molecule has 2 rings (SSSR count). The van der Waals surface area contributed by atoms with Gasteiger partial charge in [-0.05, 0) is 12.1 Å². The molecule has 110 valence electrons. The molecule has 0 radical (unpaired) electrons. The van der Waals surface area contributed by atoms with Gasteiger partial charge < -0.3 is 22.0 Å². The summed E-state index contributed by atoms with van der Waals surface area (Å²) in [7, 11) is -0.900. The molecule has 2 aromatic rings. The standard InChI is InChI=1S/C11H13N2O2.BF4/c1-12-8-6-4-5-7-9(8)13(2)10(12)11(14)15-3;2-1(3,4)5/h4-7H,1-3H3;/q+1;-1. The number of fused-ring (bicyclic) bond motifs is 1. The van der Waals surface area contributed by atoms with E-state index in [0.717, 1.165) is 11.0 Å². The van der Waals surface area contributed by atoms with E-state index in [1.54, 1.807) is 0 Å². The lowest BCUT2D eigenvalue weighted by atomic mass is 10.3. The smallest absolute Gasteiger partial charge is 0.460 e. The first-order chi connectivity index (χ1) is 9.16. The molecule has 0 aliphatic carbocycles. The lowest BCUT2D eigenvalue weighted by Crippen LogP contribution is -2.36. The van der Waals surface area contributed by atoms with Gasteiger partial charge >= 0.3 is 19.0 Å². The van der Waals surface area contributed by atoms with E-state index in [0.29, 0.717) is 5.82 Å². The monoisotopic (exact) mass is 292 g/mol. The maximum Gasteiger partial charge on any atom is 0.673 e. The Hall–Kier alpha value is -2.06. The predicted octanol–water partition coefficient (Wildman–Crippen LogP) is 2.09. The van der Waals surface area contributed by atoms with Crippen molar-refractivity contribution >= 4 is 24.3 Å². The number of rotatable bonds is 1. The molecule has 0 amide bonds. The molecule has 0 N–H and O–H groups in total. The molecule has 0 saturated carbocycles. The van der Waals surface area contributed by atoms with Crippen molar-refractivity contribution in [3.8, 4) is 0 Å². The number of esters is 1. The minimum Gasteiger partial charge on any atom is -0.460 e. The maximum absolute atomic E-state index is 11.6. The van der Waals surface area contributed by atoms with E-state index in [-0.39, 0.29) is 5.97 Å². The van der Waals surface area contributed by atoms with Crippen LogP contribution in [0.1, 0.15) is 10.6 Å². The maximum atomic E-state index is 11.6. The van der Waals surface area contributed by atoms with Crippen LogP contribution in [0.25, 0.3) is 11.0 Å². The van der Waals surface area contributed by atoms with Gasteiger partial charge in [-0.1, -0.05) is 12.1 Å². The van der Waals surface area contributed by atoms with Gasteiger partial charge in [-0.15, -0.1) is 0 Å². The molecule has 0 spiro atoms. The van der Waals surface area contributed by atoms with E-state index in [2.05, 4.69) is 0 Å². The van der Waals surface area contributed by atoms with Crippen LogP contribution in [0.2, 0.25) is 0 Å². The fraction of sp³-hybridized carbons (Fsp3) is 0.273. The highest BCUT2D eigenvalue weighted by molar-refractivity contribution is 6.50. The van der Waals surface area contributed by atoms with E-state index in [4.69, 9.17) is 4.74 Å². The second-order valence-corrected chi connectivity index (χ2v) is 3.92. The topological polar surface area (TPSA) is 35.1 Å². The number of methoxy groups -OCH3 is 1. The first-order valence-corrected chi connectivity index (χ1v) is 5.56. The molecular formula is C11H13BF4N2O2. The average Bonchev–Trinajstić information content (AvgIpc) is 2.60. The van der Waals surface area contributed by atoms with Crippen LogP contribution in [0, 0.1) is 0 Å². The van der Waals surface area contributed by atoms with Crippen molar-refractivity contribution < 1.29 is 31.4 Å². The second-order valence-electron chi connectivity index (χ2n) is 3.92. The van der Waals surface area contributed by atoms with E-state index in [1.165, 1.54) is 7.11 Å². The summed E-state index contributed by atoms with van der Waals surface area (Å²) in [5.74, 6) is 0.218. The minimum atomic E-state index is -6.00. The van der Waals surface area contributed by atoms with E-state index in [9.17, 15) is 22.1 Å². The van der Waals surface area contributed by atoms with Gasteiger partial charge in [0.1, 0.15) is 0 Å². The fourth-order valence-electron chi connectivity index (χ4n) is 1.85. The third-order valence-electron chi connectivity index (χ3n) is 2.61. The number of aryl methyl sites for hydroxylation is 2. The molecule has 0 fully saturated rings. The van der Waals surface area contributed by atoms with Gasteiger partial charge in [0.05, 0.1) is 21.2 Å². The first kappa shape index (κ1) is 16.0. The Morgan fingerprint density at radius 3 is 2.20 bits per heavy atom. The Bertz CT molecular complexity index is 580. The van der Waals surface area contributed by atoms with Gasteiger partial charge in [0.2, 0.25) is 0 Å². The van der Waals surface area contributed by atoms with Gasteiger partial charge in [0, 0.05) is 0 Å². The molecule has 0 bridgehead atoms. The molecule has 1 heterocycles. The number of hydrogen-bond donors (Lipinski definition) is 0. The number of para-hydroxylation sites is 2. The Morgan fingerprint density at radius 1 is 1.25 bits per heavy atom. The number of carbonyl (C=O) groups excluding carboxylic acids is 1. The van der Waals surface area contributed by atoms with Crippen LogP contribution in [-0.4, -0.2) is 24.9 Å². The van der Waals surface area contributed by atoms with E-state index in [1.807, 2.05) is 47.5 Å². The van der Waals surface area contributed by atoms with Gasteiger partial charge in [0.25, 0.3) is 0 Å². The Labute approximate surface area is 112 Å². The molecule has 0 aliphatic heterocycles. The lowest BCUT2D eigenvalue weighted by Gasteiger charge is -1.94. The molecule has 0 aliphatic rings. The van der Waals surface area contributed by atoms with E-state index >= 15 is 0 Å². The van der Waals surface area contributed by atoms with Crippen LogP contribution in [0.5, 0.6) is 0 Å². The summed E-state index contributed by atoms with van der Waals surface area (Å²) in [6.07, 6.45) is 0. The zero-order chi connectivity index (χ0) is 15.5. The van der Waals surface area contributed by atoms with Crippen LogP contribution in [0.4, 0.5) is 17.3 Å². The van der Waals surface area contributed by atoms with Crippen molar-refractivity contribution in [1.82, 2.24) is 4.57 Å². The van der Waals surface area contributed by atoms with Crippen molar-refractivity contribution in [2.75, 3.05) is 7.11 Å². The summed E-state index contributed by atoms with van der Waals surface area (Å²) in [5.41, 5.74) is 2.03. The highest BCUT2D eigenvalue weighted by atomic mass is 19.5. The normalized spacial score (nSPS) is 10.9. The Balaban J connectivity index is 0.000000347. The minimum absolute atomic E-state index is 0.323. The van der Waals surface area contributed by atoms with Crippen molar-refractivity contribution in [2.24, 2.45) is 14.1 Å². The van der Waals surface area contributed by atoms with Gasteiger partial charge in [0.15, 0.2) is 11.0 Å². The van der Waals surface area contributed by atoms with Crippen LogP contribution < -0.4 is 4.57 Å². The van der Waals surface area contributed by atoms with Crippen molar-refractivity contribution in [3.05, 3.63) is 30.1 Å². The zero-order valence-corrected chi connectivity index (χ0v) is 11.1. The van der Waals surface area contributed by atoms with Gasteiger partial charge in [-0.2, -0.15) is 0 Å². The average molecular weight is 292 g/mol. The summed E-state index contributed by atoms with van der Waals surface area (Å²) in [6.45, 7) is 0. The number of imidazole rings is 1. The summed E-state index contributed by atoms with van der Waals surface area (Å²) >= 11 is 0. The van der Waals surface area contributed by atoms with Crippen molar-refractivity contribution in [1.29, 1.82) is 0 Å². The number of aromatic nitrogens is 2. The SMILES string of the molecule is COC(=O)c1n(C)c2ccccc2[n+]1C.F[B-](F)(F)F. The number of ether oxygens (including phenoxy) is 1. The molecule has 4 nitrogen and oxygen atoms in total. The Kier molecular flexibility index (Phi) is 4.75. The van der Waals surface area contributed by atoms with Crippen LogP contribution in [-0.2, 0) is 18.8 Å². The predicted molar refractivity (Wildman–Crippen MR) is 65.6 cm³/mol. The first-order valence-electron chi connectivity index (χ1n) is 5.56. The largest absolute Gasteiger partial charge is 0.673 e. The lowest BCUT2D eigenvalue weighted by molar-refractivity contribution is -0.648. The van der Waals surface area contributed by atoms with Crippen molar-refractivity contribution in [3.63, 3.8) is 0 Å². The third kappa shape index (κ3) is 3.72. The van der Waals surface area contributed by atoms with Crippen LogP contribution in [0.15, 0.2) is 24.3 Å². The number of hydrogen-bond acceptors (Lipinski definition) is 2. The summed E-state index contributed by atoms with van der Waals surface area (Å²) in [5, 5.41) is 0. The third-order valence-corrected chi connectivity index (χ3v) is 2.61. The van der Waals surface area contributed by atoms with Crippen molar-refractivity contribution in [2.45, 2.75) is 0 Å². The Morgan fingerprint density at radius 2 is 1.75 bits per heavy atom. The number of halogens is 4. The van der Waals surface area contributed by atoms with Crippen LogP contribution >= 0.6 is 0 Å². The molecule has 9 heteroatoms. The van der Waals surface area contributed by atoms with E-state index < -0.39 is 7.25 Å². The second kappa shape index (κ2) is 5.93. The molecule has 0 unspecified atom stereocenters. The molecule has 0 saturated heterocycles. The number of carbonyl (C=O) groups is 1. The highest BCUT2D eigenvalue weighted by Crippen LogP contribution is 2.12. The van der Waals surface area contributed by atoms with Gasteiger partial charge in [-0.25, -0.2) is 13.9 Å². The molecule has 0 atom stereocenters. The summed E-state index contributed by atoms with van der Waals surface area (Å²) < 4.78 is 47.4. The molecule has 20 heavy (non-hydrogen) atoms. The number of benzene rings is 1.